The van der Waals surface area contributed by atoms with Crippen LogP contribution in [-0.2, 0) is 0 Å². The van der Waals surface area contributed by atoms with Crippen LogP contribution in [0.25, 0.3) is 0 Å². The summed E-state index contributed by atoms with van der Waals surface area (Å²) in [5.41, 5.74) is 2.52. The van der Waals surface area contributed by atoms with Gasteiger partial charge < -0.3 is 5.32 Å². The number of nitrogens with one attached hydrogen (secondary N) is 1. The highest BCUT2D eigenvalue weighted by atomic mass is 32.1. The van der Waals surface area contributed by atoms with Crippen LogP contribution in [0.1, 0.15) is 18.4 Å². The van der Waals surface area contributed by atoms with Crippen molar-refractivity contribution in [3.63, 3.8) is 0 Å². The van der Waals surface area contributed by atoms with E-state index in [1.807, 2.05) is 0 Å². The van der Waals surface area contributed by atoms with Gasteiger partial charge in [-0.15, -0.1) is 0 Å². The average Bonchev–Trinajstić information content (AvgIpc) is 2.15. The van der Waals surface area contributed by atoms with Gasteiger partial charge in [-0.1, -0.05) is 17.7 Å². The predicted octanol–water partition coefficient (Wildman–Crippen LogP) is 3.12. The Balaban J connectivity index is 2.25. The largest absolute Gasteiger partial charge is 0.385 e. The zero-order chi connectivity index (χ0) is 9.52. The van der Waals surface area contributed by atoms with Gasteiger partial charge in [-0.3, -0.25) is 0 Å². The van der Waals surface area contributed by atoms with Crippen molar-refractivity contribution in [2.75, 3.05) is 17.6 Å². The van der Waals surface area contributed by atoms with Crippen molar-refractivity contribution < 1.29 is 0 Å². The molecule has 0 aliphatic rings. The van der Waals surface area contributed by atoms with Gasteiger partial charge in [0.1, 0.15) is 0 Å². The Bertz CT molecular complexity index is 230. The van der Waals surface area contributed by atoms with Crippen molar-refractivity contribution in [3.8, 4) is 0 Å². The first-order valence-electron chi connectivity index (χ1n) is 4.74. The first kappa shape index (κ1) is 10.5. The molecule has 1 nitrogen and oxygen atoms in total. The molecule has 0 amide bonds. The van der Waals surface area contributed by atoms with Crippen LogP contribution in [0.2, 0.25) is 0 Å². The van der Waals surface area contributed by atoms with Crippen LogP contribution < -0.4 is 5.32 Å². The van der Waals surface area contributed by atoms with Crippen molar-refractivity contribution >= 4 is 18.3 Å². The van der Waals surface area contributed by atoms with E-state index in [4.69, 9.17) is 0 Å². The summed E-state index contributed by atoms with van der Waals surface area (Å²) in [7, 11) is 0. The van der Waals surface area contributed by atoms with Gasteiger partial charge in [0.15, 0.2) is 0 Å². The van der Waals surface area contributed by atoms with E-state index in [0.717, 1.165) is 12.3 Å². The second kappa shape index (κ2) is 5.92. The van der Waals surface area contributed by atoms with Crippen LogP contribution in [-0.4, -0.2) is 12.3 Å². The second-order valence-corrected chi connectivity index (χ2v) is 3.67. The third-order valence-corrected chi connectivity index (χ3v) is 2.28. The summed E-state index contributed by atoms with van der Waals surface area (Å²) >= 11 is 4.17. The lowest BCUT2D eigenvalue weighted by Crippen LogP contribution is -2.01. The summed E-state index contributed by atoms with van der Waals surface area (Å²) in [6.07, 6.45) is 2.37. The van der Waals surface area contributed by atoms with E-state index < -0.39 is 0 Å². The van der Waals surface area contributed by atoms with Crippen LogP contribution >= 0.6 is 12.6 Å². The maximum absolute atomic E-state index is 4.17. The highest BCUT2D eigenvalue weighted by molar-refractivity contribution is 7.80. The molecule has 0 spiro atoms. The molecule has 0 bridgehead atoms. The summed E-state index contributed by atoms with van der Waals surface area (Å²) in [5, 5.41) is 3.37. The van der Waals surface area contributed by atoms with Gasteiger partial charge in [0.25, 0.3) is 0 Å². The average molecular weight is 195 g/mol. The molecule has 72 valence electrons. The van der Waals surface area contributed by atoms with Crippen LogP contribution in [0.3, 0.4) is 0 Å². The standard InChI is InChI=1S/C11H17NS/c1-10-4-6-11(7-5-10)12-8-2-3-9-13/h4-7,12-13H,2-3,8-9H2,1H3. The number of benzene rings is 1. The van der Waals surface area contributed by atoms with Gasteiger partial charge >= 0.3 is 0 Å². The van der Waals surface area contributed by atoms with E-state index in [2.05, 4.69) is 49.1 Å². The van der Waals surface area contributed by atoms with Crippen LogP contribution in [0.15, 0.2) is 24.3 Å². The highest BCUT2D eigenvalue weighted by Gasteiger charge is 1.90. The van der Waals surface area contributed by atoms with E-state index in [-0.39, 0.29) is 0 Å². The van der Waals surface area contributed by atoms with Crippen LogP contribution in [0.5, 0.6) is 0 Å². The van der Waals surface area contributed by atoms with Crippen molar-refractivity contribution in [1.29, 1.82) is 0 Å². The molecule has 0 saturated heterocycles. The Labute approximate surface area is 86.0 Å². The SMILES string of the molecule is Cc1ccc(NCCCCS)cc1. The van der Waals surface area contributed by atoms with Crippen LogP contribution in [0, 0.1) is 6.92 Å². The Hall–Kier alpha value is -0.630. The minimum Gasteiger partial charge on any atom is -0.385 e. The molecule has 0 heterocycles. The maximum Gasteiger partial charge on any atom is 0.0340 e. The molecule has 0 aromatic heterocycles. The van der Waals surface area contributed by atoms with Crippen molar-refractivity contribution in [1.82, 2.24) is 0 Å². The molecule has 2 heteroatoms. The van der Waals surface area contributed by atoms with Gasteiger partial charge in [-0.25, -0.2) is 0 Å². The molecular formula is C11H17NS. The predicted molar refractivity (Wildman–Crippen MR) is 62.8 cm³/mol. The molecule has 0 atom stereocenters. The lowest BCUT2D eigenvalue weighted by atomic mass is 10.2. The zero-order valence-electron chi connectivity index (χ0n) is 8.09. The molecular weight excluding hydrogens is 178 g/mol. The fourth-order valence-electron chi connectivity index (χ4n) is 1.14. The molecule has 0 radical (unpaired) electrons. The van der Waals surface area contributed by atoms with Crippen LogP contribution in [0.4, 0.5) is 5.69 Å². The molecule has 1 N–H and O–H groups in total. The summed E-state index contributed by atoms with van der Waals surface area (Å²) in [5.74, 6) is 0.982. The van der Waals surface area contributed by atoms with E-state index >= 15 is 0 Å². The summed E-state index contributed by atoms with van der Waals surface area (Å²) in [6, 6.07) is 8.49. The van der Waals surface area contributed by atoms with Gasteiger partial charge in [0.05, 0.1) is 0 Å². The Morgan fingerprint density at radius 3 is 2.46 bits per heavy atom. The highest BCUT2D eigenvalue weighted by Crippen LogP contribution is 2.08. The molecule has 1 aromatic rings. The maximum atomic E-state index is 4.17. The van der Waals surface area contributed by atoms with Crippen molar-refractivity contribution in [3.05, 3.63) is 29.8 Å². The zero-order valence-corrected chi connectivity index (χ0v) is 8.98. The van der Waals surface area contributed by atoms with E-state index in [1.54, 1.807) is 0 Å². The molecule has 1 aromatic carbocycles. The number of anilines is 1. The molecule has 0 unspecified atom stereocenters. The lowest BCUT2D eigenvalue weighted by molar-refractivity contribution is 0.844. The summed E-state index contributed by atoms with van der Waals surface area (Å²) < 4.78 is 0. The smallest absolute Gasteiger partial charge is 0.0340 e. The third kappa shape index (κ3) is 4.23. The monoisotopic (exact) mass is 195 g/mol. The van der Waals surface area contributed by atoms with Crippen molar-refractivity contribution in [2.24, 2.45) is 0 Å². The molecule has 0 saturated carbocycles. The van der Waals surface area contributed by atoms with E-state index in [0.29, 0.717) is 0 Å². The Morgan fingerprint density at radius 2 is 1.85 bits per heavy atom. The Morgan fingerprint density at radius 1 is 1.15 bits per heavy atom. The minimum atomic E-state index is 0.982. The number of hydrogen-bond donors (Lipinski definition) is 2. The van der Waals surface area contributed by atoms with Gasteiger partial charge in [-0.05, 0) is 37.7 Å². The first-order valence-corrected chi connectivity index (χ1v) is 5.37. The summed E-state index contributed by atoms with van der Waals surface area (Å²) in [6.45, 7) is 3.15. The molecule has 1 rings (SSSR count). The third-order valence-electron chi connectivity index (χ3n) is 1.97. The quantitative estimate of drug-likeness (QED) is 0.543. The normalized spacial score (nSPS) is 10.0. The fourth-order valence-corrected chi connectivity index (χ4v) is 1.36. The first-order chi connectivity index (χ1) is 6.33. The number of aryl methyl sites for hydroxylation is 1. The topological polar surface area (TPSA) is 12.0 Å². The minimum absolute atomic E-state index is 0.982. The van der Waals surface area contributed by atoms with Crippen molar-refractivity contribution in [2.45, 2.75) is 19.8 Å². The molecule has 0 fully saturated rings. The lowest BCUT2D eigenvalue weighted by Gasteiger charge is -2.05. The Kier molecular flexibility index (Phi) is 4.76. The molecule has 0 aliphatic heterocycles. The van der Waals surface area contributed by atoms with E-state index in [1.165, 1.54) is 24.1 Å². The van der Waals surface area contributed by atoms with Gasteiger partial charge in [0, 0.05) is 12.2 Å². The number of thiol groups is 1. The van der Waals surface area contributed by atoms with Gasteiger partial charge in [0.2, 0.25) is 0 Å². The second-order valence-electron chi connectivity index (χ2n) is 3.22. The van der Waals surface area contributed by atoms with Gasteiger partial charge in [-0.2, -0.15) is 12.6 Å². The summed E-state index contributed by atoms with van der Waals surface area (Å²) in [4.78, 5) is 0. The molecule has 13 heavy (non-hydrogen) atoms. The number of rotatable bonds is 5. The fraction of sp³-hybridized carbons (Fsp3) is 0.455. The van der Waals surface area contributed by atoms with E-state index in [9.17, 15) is 0 Å². The number of unbranched alkanes of at least 4 members (excludes halogenated alkanes) is 1. The molecule has 0 aliphatic carbocycles. The number of hydrogen-bond acceptors (Lipinski definition) is 2.